The number of carboxylic acids is 1. The first-order valence-electron chi connectivity index (χ1n) is 3.24. The van der Waals surface area contributed by atoms with E-state index < -0.39 is 5.97 Å². The quantitative estimate of drug-likeness (QED) is 0.479. The highest BCUT2D eigenvalue weighted by Crippen LogP contribution is 1.98. The number of carbonyl (C=O) groups is 1. The van der Waals surface area contributed by atoms with Crippen LogP contribution in [-0.2, 0) is 4.79 Å². The van der Waals surface area contributed by atoms with E-state index >= 15 is 0 Å². The third-order valence-corrected chi connectivity index (χ3v) is 1.07. The van der Waals surface area contributed by atoms with Gasteiger partial charge in [0.25, 0.3) is 0 Å². The first kappa shape index (κ1) is 8.95. The van der Waals surface area contributed by atoms with Gasteiger partial charge in [0.15, 0.2) is 0 Å². The molecule has 2 nitrogen and oxygen atoms in total. The van der Waals surface area contributed by atoms with Crippen molar-refractivity contribution in [3.63, 3.8) is 0 Å². The summed E-state index contributed by atoms with van der Waals surface area (Å²) in [6, 6.07) is 0. The Labute approximate surface area is 60.9 Å². The zero-order valence-corrected chi connectivity index (χ0v) is 6.13. The highest BCUT2D eigenvalue weighted by Gasteiger charge is 1.98. The molecule has 0 aliphatic rings. The molecule has 0 unspecified atom stereocenters. The van der Waals surface area contributed by atoms with Gasteiger partial charge in [-0.25, -0.2) is 4.79 Å². The standard InChI is InChI=1S/C8H12O2/c1-3-4-5-6-7(2)8(9)10/h4-5H,2-3,6H2,1H3,(H,9,10). The molecule has 0 rings (SSSR count). The van der Waals surface area contributed by atoms with Crippen LogP contribution in [0.4, 0.5) is 0 Å². The van der Waals surface area contributed by atoms with Crippen molar-refractivity contribution in [1.29, 1.82) is 0 Å². The van der Waals surface area contributed by atoms with Crippen molar-refractivity contribution >= 4 is 5.97 Å². The monoisotopic (exact) mass is 140 g/mol. The van der Waals surface area contributed by atoms with E-state index in [-0.39, 0.29) is 5.57 Å². The lowest BCUT2D eigenvalue weighted by Crippen LogP contribution is -1.96. The number of carboxylic acid groups (broad SMARTS) is 1. The summed E-state index contributed by atoms with van der Waals surface area (Å²) in [4.78, 5) is 10.2. The maximum absolute atomic E-state index is 10.2. The van der Waals surface area contributed by atoms with Gasteiger partial charge in [-0.15, -0.1) is 0 Å². The van der Waals surface area contributed by atoms with Gasteiger partial charge in [0.05, 0.1) is 0 Å². The van der Waals surface area contributed by atoms with Crippen molar-refractivity contribution < 1.29 is 9.90 Å². The Bertz CT molecular complexity index is 157. The minimum atomic E-state index is -0.916. The van der Waals surface area contributed by atoms with Gasteiger partial charge in [-0.3, -0.25) is 0 Å². The molecule has 0 radical (unpaired) electrons. The first-order chi connectivity index (χ1) is 4.68. The zero-order valence-electron chi connectivity index (χ0n) is 6.13. The van der Waals surface area contributed by atoms with Crippen LogP contribution < -0.4 is 0 Å². The molecule has 0 spiro atoms. The highest BCUT2D eigenvalue weighted by molar-refractivity contribution is 5.85. The van der Waals surface area contributed by atoms with Crippen LogP contribution in [0.2, 0.25) is 0 Å². The molecule has 0 aromatic heterocycles. The molecule has 0 amide bonds. The van der Waals surface area contributed by atoms with E-state index in [1.807, 2.05) is 19.1 Å². The molecule has 56 valence electrons. The van der Waals surface area contributed by atoms with E-state index in [1.54, 1.807) is 0 Å². The second-order valence-corrected chi connectivity index (χ2v) is 1.99. The largest absolute Gasteiger partial charge is 0.478 e. The van der Waals surface area contributed by atoms with E-state index in [0.29, 0.717) is 6.42 Å². The summed E-state index contributed by atoms with van der Waals surface area (Å²) < 4.78 is 0. The van der Waals surface area contributed by atoms with E-state index in [1.165, 1.54) is 0 Å². The third kappa shape index (κ3) is 3.89. The number of aliphatic carboxylic acids is 1. The molecule has 2 heteroatoms. The van der Waals surface area contributed by atoms with Gasteiger partial charge in [-0.2, -0.15) is 0 Å². The normalized spacial score (nSPS) is 10.1. The van der Waals surface area contributed by atoms with E-state index in [4.69, 9.17) is 5.11 Å². The summed E-state index contributed by atoms with van der Waals surface area (Å²) in [5.74, 6) is -0.916. The fraction of sp³-hybridized carbons (Fsp3) is 0.375. The molecule has 0 saturated heterocycles. The van der Waals surface area contributed by atoms with Crippen LogP contribution in [0.1, 0.15) is 19.8 Å². The molecule has 0 aromatic rings. The fourth-order valence-electron chi connectivity index (χ4n) is 0.480. The fourth-order valence-corrected chi connectivity index (χ4v) is 0.480. The Kier molecular flexibility index (Phi) is 4.29. The van der Waals surface area contributed by atoms with Crippen LogP contribution in [0.3, 0.4) is 0 Å². The average Bonchev–Trinajstić information content (AvgIpc) is 1.88. The molecule has 0 saturated carbocycles. The molecule has 1 N–H and O–H groups in total. The van der Waals surface area contributed by atoms with Crippen molar-refractivity contribution in [3.05, 3.63) is 24.3 Å². The number of allylic oxidation sites excluding steroid dienone is 2. The lowest BCUT2D eigenvalue weighted by molar-refractivity contribution is -0.132. The third-order valence-electron chi connectivity index (χ3n) is 1.07. The molecule has 0 atom stereocenters. The van der Waals surface area contributed by atoms with Crippen LogP contribution in [-0.4, -0.2) is 11.1 Å². The Morgan fingerprint density at radius 2 is 2.20 bits per heavy atom. The molecule has 0 fully saturated rings. The Balaban J connectivity index is 3.60. The van der Waals surface area contributed by atoms with Gasteiger partial charge >= 0.3 is 5.97 Å². The molecule has 0 heterocycles. The maximum Gasteiger partial charge on any atom is 0.331 e. The van der Waals surface area contributed by atoms with Gasteiger partial charge in [-0.1, -0.05) is 25.7 Å². The number of hydrogen-bond acceptors (Lipinski definition) is 1. The predicted octanol–water partition coefficient (Wildman–Crippen LogP) is 1.98. The lowest BCUT2D eigenvalue weighted by Gasteiger charge is -1.91. The topological polar surface area (TPSA) is 37.3 Å². The Morgan fingerprint density at radius 3 is 2.60 bits per heavy atom. The summed E-state index contributed by atoms with van der Waals surface area (Å²) in [5, 5.41) is 8.35. The average molecular weight is 140 g/mol. The zero-order chi connectivity index (χ0) is 7.98. The van der Waals surface area contributed by atoms with Gasteiger partial charge in [0, 0.05) is 5.57 Å². The lowest BCUT2D eigenvalue weighted by atomic mass is 10.2. The summed E-state index contributed by atoms with van der Waals surface area (Å²) in [6.07, 6.45) is 5.13. The first-order valence-corrected chi connectivity index (χ1v) is 3.24. The molecule has 0 aliphatic heterocycles. The van der Waals surface area contributed by atoms with E-state index in [2.05, 4.69) is 6.58 Å². The molecule has 0 aliphatic carbocycles. The second kappa shape index (κ2) is 4.79. The SMILES string of the molecule is C=C(CC=CCC)C(=O)O. The van der Waals surface area contributed by atoms with Gasteiger partial charge in [0.1, 0.15) is 0 Å². The van der Waals surface area contributed by atoms with Gasteiger partial charge in [-0.05, 0) is 12.8 Å². The highest BCUT2D eigenvalue weighted by atomic mass is 16.4. The summed E-state index contributed by atoms with van der Waals surface area (Å²) in [6.45, 7) is 5.38. The molecule has 0 bridgehead atoms. The van der Waals surface area contributed by atoms with Crippen molar-refractivity contribution in [1.82, 2.24) is 0 Å². The second-order valence-electron chi connectivity index (χ2n) is 1.99. The van der Waals surface area contributed by atoms with Crippen LogP contribution >= 0.6 is 0 Å². The Hall–Kier alpha value is -1.05. The van der Waals surface area contributed by atoms with Crippen LogP contribution in [0.25, 0.3) is 0 Å². The van der Waals surface area contributed by atoms with Crippen molar-refractivity contribution in [2.45, 2.75) is 19.8 Å². The molecule has 0 aromatic carbocycles. The van der Waals surface area contributed by atoms with Crippen molar-refractivity contribution in [2.75, 3.05) is 0 Å². The van der Waals surface area contributed by atoms with Crippen molar-refractivity contribution in [3.8, 4) is 0 Å². The number of rotatable bonds is 4. The van der Waals surface area contributed by atoms with Crippen molar-refractivity contribution in [2.24, 2.45) is 0 Å². The van der Waals surface area contributed by atoms with E-state index in [0.717, 1.165) is 6.42 Å². The Morgan fingerprint density at radius 1 is 1.60 bits per heavy atom. The van der Waals surface area contributed by atoms with E-state index in [9.17, 15) is 4.79 Å². The minimum Gasteiger partial charge on any atom is -0.478 e. The van der Waals surface area contributed by atoms with Crippen LogP contribution in [0.15, 0.2) is 24.3 Å². The molecular formula is C8H12O2. The summed E-state index contributed by atoms with van der Waals surface area (Å²) in [7, 11) is 0. The van der Waals surface area contributed by atoms with Crippen LogP contribution in [0.5, 0.6) is 0 Å². The number of hydrogen-bond donors (Lipinski definition) is 1. The molecular weight excluding hydrogens is 128 g/mol. The van der Waals surface area contributed by atoms with Crippen LogP contribution in [0, 0.1) is 0 Å². The van der Waals surface area contributed by atoms with Gasteiger partial charge < -0.3 is 5.11 Å². The molecule has 10 heavy (non-hydrogen) atoms. The summed E-state index contributed by atoms with van der Waals surface area (Å²) >= 11 is 0. The van der Waals surface area contributed by atoms with Gasteiger partial charge in [0.2, 0.25) is 0 Å². The smallest absolute Gasteiger partial charge is 0.331 e. The minimum absolute atomic E-state index is 0.240. The summed E-state index contributed by atoms with van der Waals surface area (Å²) in [5.41, 5.74) is 0.240. The maximum atomic E-state index is 10.2. The predicted molar refractivity (Wildman–Crippen MR) is 40.8 cm³/mol.